The van der Waals surface area contributed by atoms with Crippen LogP contribution in [0.4, 0.5) is 0 Å². The fourth-order valence-corrected chi connectivity index (χ4v) is 2.23. The number of rotatable bonds is 4. The van der Waals surface area contributed by atoms with Gasteiger partial charge in [-0.15, -0.1) is 11.3 Å². The van der Waals surface area contributed by atoms with Crippen LogP contribution in [0.1, 0.15) is 16.1 Å². The minimum absolute atomic E-state index is 0.908. The molecule has 4 heteroatoms. The molecule has 0 saturated carbocycles. The average Bonchev–Trinajstić information content (AvgIpc) is 2.77. The van der Waals surface area contributed by atoms with Crippen LogP contribution in [0, 0.1) is 6.92 Å². The summed E-state index contributed by atoms with van der Waals surface area (Å²) in [5.41, 5.74) is 4.36. The average molecular weight is 221 g/mol. The molecular formula is C11H15N3S. The molecule has 2 heterocycles. The van der Waals surface area contributed by atoms with E-state index in [1.54, 1.807) is 11.3 Å². The molecule has 0 atom stereocenters. The Kier molecular flexibility index (Phi) is 3.18. The van der Waals surface area contributed by atoms with E-state index in [-0.39, 0.29) is 0 Å². The molecule has 0 unspecified atom stereocenters. The van der Waals surface area contributed by atoms with Crippen LogP contribution in [0.15, 0.2) is 24.0 Å². The van der Waals surface area contributed by atoms with Crippen molar-refractivity contribution in [3.05, 3.63) is 40.1 Å². The van der Waals surface area contributed by atoms with Crippen LogP contribution >= 0.6 is 11.3 Å². The predicted octanol–water partition coefficient (Wildman–Crippen LogP) is 2.08. The molecule has 1 N–H and O–H groups in total. The van der Waals surface area contributed by atoms with Crippen LogP contribution in [0.25, 0.3) is 0 Å². The van der Waals surface area contributed by atoms with Gasteiger partial charge in [-0.25, -0.2) is 4.98 Å². The normalized spacial score (nSPS) is 10.8. The van der Waals surface area contributed by atoms with Gasteiger partial charge < -0.3 is 9.88 Å². The lowest BCUT2D eigenvalue weighted by molar-refractivity contribution is 0.696. The Balaban J connectivity index is 1.83. The summed E-state index contributed by atoms with van der Waals surface area (Å²) in [7, 11) is 2.04. The summed E-state index contributed by atoms with van der Waals surface area (Å²) < 4.78 is 2.06. The van der Waals surface area contributed by atoms with E-state index in [1.807, 2.05) is 12.6 Å². The highest BCUT2D eigenvalue weighted by Crippen LogP contribution is 2.11. The van der Waals surface area contributed by atoms with E-state index in [9.17, 15) is 0 Å². The number of aromatic nitrogens is 2. The second-order valence-corrected chi connectivity index (χ2v) is 4.59. The molecule has 2 aromatic rings. The smallest absolute Gasteiger partial charge is 0.0798 e. The summed E-state index contributed by atoms with van der Waals surface area (Å²) in [6.45, 7) is 3.87. The van der Waals surface area contributed by atoms with Crippen molar-refractivity contribution in [2.75, 3.05) is 0 Å². The molecule has 0 spiro atoms. The van der Waals surface area contributed by atoms with Gasteiger partial charge in [0.1, 0.15) is 0 Å². The summed E-state index contributed by atoms with van der Waals surface area (Å²) in [5.74, 6) is 0. The first-order valence-electron chi connectivity index (χ1n) is 4.96. The van der Waals surface area contributed by atoms with Gasteiger partial charge in [-0.2, -0.15) is 0 Å². The molecule has 15 heavy (non-hydrogen) atoms. The highest BCUT2D eigenvalue weighted by atomic mass is 32.1. The van der Waals surface area contributed by atoms with E-state index in [4.69, 9.17) is 0 Å². The van der Waals surface area contributed by atoms with Gasteiger partial charge in [0.05, 0.1) is 11.2 Å². The molecule has 0 bridgehead atoms. The summed E-state index contributed by atoms with van der Waals surface area (Å²) in [6.07, 6.45) is 4.20. The highest BCUT2D eigenvalue weighted by Gasteiger charge is 2.00. The van der Waals surface area contributed by atoms with Crippen molar-refractivity contribution in [1.82, 2.24) is 14.9 Å². The molecule has 2 aromatic heterocycles. The van der Waals surface area contributed by atoms with E-state index < -0.39 is 0 Å². The Morgan fingerprint density at radius 3 is 2.93 bits per heavy atom. The fourth-order valence-electron chi connectivity index (χ4n) is 1.48. The van der Waals surface area contributed by atoms with Crippen LogP contribution in [-0.4, -0.2) is 9.55 Å². The molecule has 0 amide bonds. The first kappa shape index (κ1) is 10.4. The summed E-state index contributed by atoms with van der Waals surface area (Å²) in [4.78, 5) is 5.55. The summed E-state index contributed by atoms with van der Waals surface area (Å²) in [6, 6.07) is 2.13. The number of hydrogen-bond donors (Lipinski definition) is 1. The minimum atomic E-state index is 0.908. The van der Waals surface area contributed by atoms with Crippen LogP contribution in [0.5, 0.6) is 0 Å². The molecule has 2 rings (SSSR count). The maximum absolute atomic E-state index is 4.22. The zero-order valence-electron chi connectivity index (χ0n) is 9.03. The van der Waals surface area contributed by atoms with Crippen LogP contribution < -0.4 is 5.32 Å². The van der Waals surface area contributed by atoms with Crippen molar-refractivity contribution in [2.24, 2.45) is 7.05 Å². The second-order valence-electron chi connectivity index (χ2n) is 3.65. The van der Waals surface area contributed by atoms with Gasteiger partial charge in [-0.05, 0) is 18.6 Å². The Morgan fingerprint density at radius 2 is 2.33 bits per heavy atom. The predicted molar refractivity (Wildman–Crippen MR) is 62.8 cm³/mol. The SMILES string of the molecule is Cc1ncsc1CNCc1ccn(C)c1. The molecule has 0 fully saturated rings. The lowest BCUT2D eigenvalue weighted by atomic mass is 10.3. The van der Waals surface area contributed by atoms with Crippen molar-refractivity contribution >= 4 is 11.3 Å². The third-order valence-electron chi connectivity index (χ3n) is 2.35. The van der Waals surface area contributed by atoms with E-state index in [2.05, 4.69) is 40.3 Å². The van der Waals surface area contributed by atoms with Crippen LogP contribution in [0.3, 0.4) is 0 Å². The van der Waals surface area contributed by atoms with Crippen molar-refractivity contribution in [1.29, 1.82) is 0 Å². The first-order valence-corrected chi connectivity index (χ1v) is 5.84. The molecule has 0 aliphatic rings. The standard InChI is InChI=1S/C11H15N3S/c1-9-11(15-8-13-9)6-12-5-10-3-4-14(2)7-10/h3-4,7-8,12H,5-6H2,1-2H3. The van der Waals surface area contributed by atoms with Crippen molar-refractivity contribution in [3.8, 4) is 0 Å². The van der Waals surface area contributed by atoms with Gasteiger partial charge in [0.25, 0.3) is 0 Å². The minimum Gasteiger partial charge on any atom is -0.357 e. The van der Waals surface area contributed by atoms with Gasteiger partial charge in [0.15, 0.2) is 0 Å². The van der Waals surface area contributed by atoms with E-state index in [0.29, 0.717) is 0 Å². The van der Waals surface area contributed by atoms with Gasteiger partial charge in [0.2, 0.25) is 0 Å². The molecule has 0 saturated heterocycles. The molecule has 0 aliphatic carbocycles. The van der Waals surface area contributed by atoms with Crippen LogP contribution in [-0.2, 0) is 20.1 Å². The van der Waals surface area contributed by atoms with E-state index >= 15 is 0 Å². The molecule has 0 aliphatic heterocycles. The third-order valence-corrected chi connectivity index (χ3v) is 3.29. The zero-order valence-corrected chi connectivity index (χ0v) is 9.84. The largest absolute Gasteiger partial charge is 0.357 e. The Labute approximate surface area is 93.8 Å². The molecule has 3 nitrogen and oxygen atoms in total. The Hall–Kier alpha value is -1.13. The second kappa shape index (κ2) is 4.59. The monoisotopic (exact) mass is 221 g/mol. The number of nitrogens with zero attached hydrogens (tertiary/aromatic N) is 2. The molecule has 0 radical (unpaired) electrons. The van der Waals surface area contributed by atoms with Crippen molar-refractivity contribution in [2.45, 2.75) is 20.0 Å². The Morgan fingerprint density at radius 1 is 1.47 bits per heavy atom. The quantitative estimate of drug-likeness (QED) is 0.856. The lowest BCUT2D eigenvalue weighted by Crippen LogP contribution is -2.11. The zero-order chi connectivity index (χ0) is 10.7. The third kappa shape index (κ3) is 2.67. The topological polar surface area (TPSA) is 29.9 Å². The first-order chi connectivity index (χ1) is 7.25. The van der Waals surface area contributed by atoms with Crippen molar-refractivity contribution < 1.29 is 0 Å². The van der Waals surface area contributed by atoms with Gasteiger partial charge >= 0.3 is 0 Å². The molecular weight excluding hydrogens is 206 g/mol. The van der Waals surface area contributed by atoms with Gasteiger partial charge in [0, 0.05) is 37.4 Å². The summed E-state index contributed by atoms with van der Waals surface area (Å²) >= 11 is 1.71. The van der Waals surface area contributed by atoms with Gasteiger partial charge in [-0.3, -0.25) is 0 Å². The highest BCUT2D eigenvalue weighted by molar-refractivity contribution is 7.09. The van der Waals surface area contributed by atoms with Crippen LogP contribution in [0.2, 0.25) is 0 Å². The van der Waals surface area contributed by atoms with Gasteiger partial charge in [-0.1, -0.05) is 0 Å². The number of thiazole rings is 1. The van der Waals surface area contributed by atoms with Crippen molar-refractivity contribution in [3.63, 3.8) is 0 Å². The maximum atomic E-state index is 4.22. The maximum Gasteiger partial charge on any atom is 0.0798 e. The number of nitrogens with one attached hydrogen (secondary N) is 1. The fraction of sp³-hybridized carbons (Fsp3) is 0.364. The number of hydrogen-bond acceptors (Lipinski definition) is 3. The molecule has 0 aromatic carbocycles. The lowest BCUT2D eigenvalue weighted by Gasteiger charge is -2.01. The van der Waals surface area contributed by atoms with E-state index in [0.717, 1.165) is 18.8 Å². The summed E-state index contributed by atoms with van der Waals surface area (Å²) in [5, 5.41) is 3.42. The number of aryl methyl sites for hydroxylation is 2. The van der Waals surface area contributed by atoms with E-state index in [1.165, 1.54) is 10.4 Å². The Bertz CT molecular complexity index is 430. The molecule has 80 valence electrons.